The lowest BCUT2D eigenvalue weighted by atomic mass is 10.0. The molecule has 2 nitrogen and oxygen atoms in total. The molecule has 0 heterocycles. The molecule has 0 saturated carbocycles. The summed E-state index contributed by atoms with van der Waals surface area (Å²) >= 11 is 5.97. The zero-order chi connectivity index (χ0) is 12.7. The fourth-order valence-corrected chi connectivity index (χ4v) is 2.11. The molecule has 1 aromatic carbocycles. The molecule has 0 saturated heterocycles. The molecule has 0 bridgehead atoms. The predicted molar refractivity (Wildman–Crippen MR) is 73.7 cm³/mol. The molecular formula is C14H22ClNO. The third-order valence-corrected chi connectivity index (χ3v) is 2.93. The predicted octanol–water partition coefficient (Wildman–Crippen LogP) is 3.73. The van der Waals surface area contributed by atoms with Gasteiger partial charge in [0.05, 0.1) is 12.6 Å². The smallest absolute Gasteiger partial charge is 0.0661 e. The molecule has 0 spiro atoms. The summed E-state index contributed by atoms with van der Waals surface area (Å²) in [6.45, 7) is 8.78. The standard InChI is InChI=1S/C14H22ClNO/c1-4-8-17-10-14(16-5-2)13-7-6-12(15)9-11(13)3/h6-7,9,14,16H,4-5,8,10H2,1-3H3. The highest BCUT2D eigenvalue weighted by molar-refractivity contribution is 6.30. The summed E-state index contributed by atoms with van der Waals surface area (Å²) in [5, 5.41) is 4.24. The van der Waals surface area contributed by atoms with E-state index in [1.807, 2.05) is 12.1 Å². The number of hydrogen-bond acceptors (Lipinski definition) is 2. The Hall–Kier alpha value is -0.570. The van der Waals surface area contributed by atoms with Crippen molar-refractivity contribution in [1.82, 2.24) is 5.32 Å². The van der Waals surface area contributed by atoms with Gasteiger partial charge in [0.25, 0.3) is 0 Å². The van der Waals surface area contributed by atoms with Crippen LogP contribution in [0.3, 0.4) is 0 Å². The Labute approximate surface area is 109 Å². The van der Waals surface area contributed by atoms with Crippen molar-refractivity contribution in [2.45, 2.75) is 33.2 Å². The topological polar surface area (TPSA) is 21.3 Å². The molecule has 0 aliphatic carbocycles. The van der Waals surface area contributed by atoms with Crippen LogP contribution in [0.25, 0.3) is 0 Å². The first-order valence-corrected chi connectivity index (χ1v) is 6.64. The van der Waals surface area contributed by atoms with Crippen LogP contribution in [0.15, 0.2) is 18.2 Å². The summed E-state index contributed by atoms with van der Waals surface area (Å²) in [7, 11) is 0. The fourth-order valence-electron chi connectivity index (χ4n) is 1.88. The number of ether oxygens (including phenoxy) is 1. The van der Waals surface area contributed by atoms with E-state index in [9.17, 15) is 0 Å². The maximum Gasteiger partial charge on any atom is 0.0661 e. The van der Waals surface area contributed by atoms with Crippen LogP contribution in [0.5, 0.6) is 0 Å². The molecule has 0 aromatic heterocycles. The van der Waals surface area contributed by atoms with Gasteiger partial charge in [-0.15, -0.1) is 0 Å². The number of hydrogen-bond donors (Lipinski definition) is 1. The van der Waals surface area contributed by atoms with Gasteiger partial charge in [0.2, 0.25) is 0 Å². The molecule has 0 amide bonds. The van der Waals surface area contributed by atoms with E-state index in [4.69, 9.17) is 16.3 Å². The van der Waals surface area contributed by atoms with E-state index in [0.717, 1.165) is 24.6 Å². The summed E-state index contributed by atoms with van der Waals surface area (Å²) in [6.07, 6.45) is 1.05. The van der Waals surface area contributed by atoms with E-state index in [1.54, 1.807) is 0 Å². The van der Waals surface area contributed by atoms with Gasteiger partial charge in [-0.25, -0.2) is 0 Å². The lowest BCUT2D eigenvalue weighted by Gasteiger charge is -2.20. The molecule has 1 aromatic rings. The summed E-state index contributed by atoms with van der Waals surface area (Å²) in [5.41, 5.74) is 2.48. The quantitative estimate of drug-likeness (QED) is 0.750. The maximum atomic E-state index is 5.97. The second-order valence-electron chi connectivity index (χ2n) is 4.19. The minimum absolute atomic E-state index is 0.254. The second-order valence-corrected chi connectivity index (χ2v) is 4.62. The van der Waals surface area contributed by atoms with Crippen LogP contribution in [0.4, 0.5) is 0 Å². The first-order chi connectivity index (χ1) is 8.19. The minimum Gasteiger partial charge on any atom is -0.379 e. The van der Waals surface area contributed by atoms with Gasteiger partial charge in [0, 0.05) is 11.6 Å². The van der Waals surface area contributed by atoms with Crippen molar-refractivity contribution < 1.29 is 4.74 Å². The van der Waals surface area contributed by atoms with Crippen LogP contribution < -0.4 is 5.32 Å². The Bertz CT molecular complexity index is 341. The van der Waals surface area contributed by atoms with Gasteiger partial charge >= 0.3 is 0 Å². The average molecular weight is 256 g/mol. The van der Waals surface area contributed by atoms with Crippen molar-refractivity contribution in [3.8, 4) is 0 Å². The third kappa shape index (κ3) is 4.66. The van der Waals surface area contributed by atoms with Gasteiger partial charge < -0.3 is 10.1 Å². The molecule has 1 unspecified atom stereocenters. The SMILES string of the molecule is CCCOCC(NCC)c1ccc(Cl)cc1C. The largest absolute Gasteiger partial charge is 0.379 e. The van der Waals surface area contributed by atoms with Gasteiger partial charge in [-0.2, -0.15) is 0 Å². The number of likely N-dealkylation sites (N-methyl/N-ethyl adjacent to an activating group) is 1. The molecule has 1 rings (SSSR count). The molecular weight excluding hydrogens is 234 g/mol. The highest BCUT2D eigenvalue weighted by Gasteiger charge is 2.12. The highest BCUT2D eigenvalue weighted by atomic mass is 35.5. The number of rotatable bonds is 7. The molecule has 0 aliphatic heterocycles. The number of aryl methyl sites for hydroxylation is 1. The summed E-state index contributed by atoms with van der Waals surface area (Å²) < 4.78 is 5.64. The Balaban J connectivity index is 2.74. The summed E-state index contributed by atoms with van der Waals surface area (Å²) in [5.74, 6) is 0. The Morgan fingerprint density at radius 3 is 2.71 bits per heavy atom. The van der Waals surface area contributed by atoms with Gasteiger partial charge in [0.15, 0.2) is 0 Å². The van der Waals surface area contributed by atoms with Crippen molar-refractivity contribution in [3.05, 3.63) is 34.3 Å². The Morgan fingerprint density at radius 1 is 1.35 bits per heavy atom. The van der Waals surface area contributed by atoms with Gasteiger partial charge in [-0.1, -0.05) is 31.5 Å². The first-order valence-electron chi connectivity index (χ1n) is 6.26. The van der Waals surface area contributed by atoms with E-state index >= 15 is 0 Å². The zero-order valence-electron chi connectivity index (χ0n) is 10.9. The van der Waals surface area contributed by atoms with E-state index in [1.165, 1.54) is 11.1 Å². The van der Waals surface area contributed by atoms with Gasteiger partial charge in [0.1, 0.15) is 0 Å². The van der Waals surface area contributed by atoms with Crippen molar-refractivity contribution in [1.29, 1.82) is 0 Å². The zero-order valence-corrected chi connectivity index (χ0v) is 11.7. The van der Waals surface area contributed by atoms with Crippen molar-refractivity contribution in [2.75, 3.05) is 19.8 Å². The van der Waals surface area contributed by atoms with Crippen molar-refractivity contribution >= 4 is 11.6 Å². The maximum absolute atomic E-state index is 5.97. The van der Waals surface area contributed by atoms with E-state index in [2.05, 4.69) is 32.2 Å². The number of halogens is 1. The van der Waals surface area contributed by atoms with E-state index in [0.29, 0.717) is 6.61 Å². The molecule has 1 N–H and O–H groups in total. The van der Waals surface area contributed by atoms with Crippen LogP contribution >= 0.6 is 11.6 Å². The minimum atomic E-state index is 0.254. The van der Waals surface area contributed by atoms with Crippen LogP contribution in [0.1, 0.15) is 37.4 Å². The average Bonchev–Trinajstić information content (AvgIpc) is 2.28. The summed E-state index contributed by atoms with van der Waals surface area (Å²) in [6, 6.07) is 6.28. The van der Waals surface area contributed by atoms with E-state index < -0.39 is 0 Å². The van der Waals surface area contributed by atoms with Crippen LogP contribution in [-0.2, 0) is 4.74 Å². The lowest BCUT2D eigenvalue weighted by Crippen LogP contribution is -2.26. The second kappa shape index (κ2) is 7.70. The Morgan fingerprint density at radius 2 is 2.12 bits per heavy atom. The monoisotopic (exact) mass is 255 g/mol. The number of nitrogens with one attached hydrogen (secondary N) is 1. The lowest BCUT2D eigenvalue weighted by molar-refractivity contribution is 0.112. The summed E-state index contributed by atoms with van der Waals surface area (Å²) in [4.78, 5) is 0. The van der Waals surface area contributed by atoms with Crippen LogP contribution in [0.2, 0.25) is 5.02 Å². The molecule has 17 heavy (non-hydrogen) atoms. The van der Waals surface area contributed by atoms with Gasteiger partial charge in [-0.3, -0.25) is 0 Å². The molecule has 0 fully saturated rings. The number of benzene rings is 1. The van der Waals surface area contributed by atoms with Gasteiger partial charge in [-0.05, 0) is 43.1 Å². The van der Waals surface area contributed by atoms with E-state index in [-0.39, 0.29) is 6.04 Å². The fraction of sp³-hybridized carbons (Fsp3) is 0.571. The first kappa shape index (κ1) is 14.5. The Kier molecular flexibility index (Phi) is 6.56. The highest BCUT2D eigenvalue weighted by Crippen LogP contribution is 2.21. The van der Waals surface area contributed by atoms with Crippen molar-refractivity contribution in [2.24, 2.45) is 0 Å². The molecule has 0 aliphatic rings. The normalized spacial score (nSPS) is 12.7. The van der Waals surface area contributed by atoms with Crippen molar-refractivity contribution in [3.63, 3.8) is 0 Å². The third-order valence-electron chi connectivity index (χ3n) is 2.69. The molecule has 1 atom stereocenters. The molecule has 0 radical (unpaired) electrons. The van der Waals surface area contributed by atoms with Crippen LogP contribution in [-0.4, -0.2) is 19.8 Å². The van der Waals surface area contributed by atoms with Crippen LogP contribution in [0, 0.1) is 6.92 Å². The molecule has 3 heteroatoms. The molecule has 96 valence electrons.